The van der Waals surface area contributed by atoms with Gasteiger partial charge in [0.2, 0.25) is 0 Å². The van der Waals surface area contributed by atoms with Crippen molar-refractivity contribution in [3.63, 3.8) is 0 Å². The summed E-state index contributed by atoms with van der Waals surface area (Å²) < 4.78 is 0. The summed E-state index contributed by atoms with van der Waals surface area (Å²) in [6.07, 6.45) is 3.52. The van der Waals surface area contributed by atoms with Crippen molar-refractivity contribution >= 4 is 12.0 Å². The highest BCUT2D eigenvalue weighted by atomic mass is 16.4. The van der Waals surface area contributed by atoms with Crippen LogP contribution in [0.5, 0.6) is 0 Å². The van der Waals surface area contributed by atoms with Crippen molar-refractivity contribution in [2.45, 2.75) is 52.1 Å². The van der Waals surface area contributed by atoms with Crippen molar-refractivity contribution in [2.75, 3.05) is 0 Å². The molecule has 5 heteroatoms. The predicted molar refractivity (Wildman–Crippen MR) is 64.7 cm³/mol. The molecule has 0 bridgehead atoms. The van der Waals surface area contributed by atoms with E-state index >= 15 is 0 Å². The molecule has 3 N–H and O–H groups in total. The number of carbonyl (C=O) groups excluding carboxylic acids is 1. The van der Waals surface area contributed by atoms with Gasteiger partial charge in [-0.15, -0.1) is 0 Å². The summed E-state index contributed by atoms with van der Waals surface area (Å²) in [5.41, 5.74) is 0. The number of carboxylic acids is 1. The zero-order valence-corrected chi connectivity index (χ0v) is 10.7. The normalized spacial score (nSPS) is 19.3. The Balaban J connectivity index is 2.38. The Morgan fingerprint density at radius 2 is 1.76 bits per heavy atom. The lowest BCUT2D eigenvalue weighted by atomic mass is 9.80. The third-order valence-electron chi connectivity index (χ3n) is 3.44. The summed E-state index contributed by atoms with van der Waals surface area (Å²) in [6.45, 7) is 5.51. The van der Waals surface area contributed by atoms with Gasteiger partial charge in [0.1, 0.15) is 6.04 Å². The first-order valence-electron chi connectivity index (χ1n) is 6.21. The minimum Gasteiger partial charge on any atom is -0.480 e. The van der Waals surface area contributed by atoms with Gasteiger partial charge >= 0.3 is 12.0 Å². The van der Waals surface area contributed by atoms with Crippen LogP contribution in [0, 0.1) is 11.8 Å². The summed E-state index contributed by atoms with van der Waals surface area (Å²) in [5.74, 6) is -0.577. The Labute approximate surface area is 102 Å². The van der Waals surface area contributed by atoms with E-state index in [1.54, 1.807) is 13.8 Å². The molecule has 0 aromatic heterocycles. The number of hydrogen-bond acceptors (Lipinski definition) is 2. The molecule has 2 amide bonds. The Morgan fingerprint density at radius 1 is 1.18 bits per heavy atom. The van der Waals surface area contributed by atoms with E-state index in [0.717, 1.165) is 12.8 Å². The molecule has 1 aliphatic carbocycles. The Morgan fingerprint density at radius 3 is 2.12 bits per heavy atom. The van der Waals surface area contributed by atoms with Crippen LogP contribution in [0.3, 0.4) is 0 Å². The van der Waals surface area contributed by atoms with Crippen LogP contribution in [-0.2, 0) is 4.79 Å². The van der Waals surface area contributed by atoms with Gasteiger partial charge in [0.15, 0.2) is 0 Å². The quantitative estimate of drug-likeness (QED) is 0.685. The highest BCUT2D eigenvalue weighted by Gasteiger charge is 2.27. The zero-order chi connectivity index (χ0) is 13.0. The maximum atomic E-state index is 11.6. The highest BCUT2D eigenvalue weighted by molar-refractivity contribution is 5.82. The van der Waals surface area contributed by atoms with Crippen molar-refractivity contribution in [2.24, 2.45) is 11.8 Å². The van der Waals surface area contributed by atoms with E-state index in [1.165, 1.54) is 6.42 Å². The fraction of sp³-hybridized carbons (Fsp3) is 0.833. The first kappa shape index (κ1) is 13.8. The lowest BCUT2D eigenvalue weighted by Gasteiger charge is -2.32. The smallest absolute Gasteiger partial charge is 0.326 e. The fourth-order valence-corrected chi connectivity index (χ4v) is 1.96. The third-order valence-corrected chi connectivity index (χ3v) is 3.44. The van der Waals surface area contributed by atoms with Gasteiger partial charge in [-0.2, -0.15) is 0 Å². The van der Waals surface area contributed by atoms with E-state index < -0.39 is 12.0 Å². The molecule has 0 heterocycles. The third kappa shape index (κ3) is 3.91. The number of rotatable bonds is 5. The molecule has 17 heavy (non-hydrogen) atoms. The number of urea groups is 1. The highest BCUT2D eigenvalue weighted by Crippen LogP contribution is 2.29. The molecule has 5 nitrogen and oxygen atoms in total. The van der Waals surface area contributed by atoms with Gasteiger partial charge in [0.05, 0.1) is 0 Å². The minimum absolute atomic E-state index is 0.116. The average molecular weight is 242 g/mol. The van der Waals surface area contributed by atoms with Crippen LogP contribution in [0.25, 0.3) is 0 Å². The van der Waals surface area contributed by atoms with Crippen LogP contribution in [0.1, 0.15) is 40.0 Å². The van der Waals surface area contributed by atoms with E-state index in [9.17, 15) is 9.59 Å². The molecule has 0 aromatic carbocycles. The van der Waals surface area contributed by atoms with Gasteiger partial charge in [0.25, 0.3) is 0 Å². The van der Waals surface area contributed by atoms with Crippen LogP contribution in [0.4, 0.5) is 4.79 Å². The van der Waals surface area contributed by atoms with Gasteiger partial charge in [-0.1, -0.05) is 20.3 Å². The maximum Gasteiger partial charge on any atom is 0.326 e. The summed E-state index contributed by atoms with van der Waals surface area (Å²) in [5, 5.41) is 14.3. The predicted octanol–water partition coefficient (Wildman–Crippen LogP) is 1.58. The molecule has 1 unspecified atom stereocenters. The lowest BCUT2D eigenvalue weighted by molar-refractivity contribution is -0.140. The summed E-state index contributed by atoms with van der Waals surface area (Å²) in [7, 11) is 0. The molecule has 0 saturated heterocycles. The van der Waals surface area contributed by atoms with Crippen molar-refractivity contribution in [3.05, 3.63) is 0 Å². The monoisotopic (exact) mass is 242 g/mol. The topological polar surface area (TPSA) is 78.4 Å². The first-order chi connectivity index (χ1) is 7.91. The van der Waals surface area contributed by atoms with E-state index in [-0.39, 0.29) is 18.0 Å². The van der Waals surface area contributed by atoms with Crippen molar-refractivity contribution in [1.82, 2.24) is 10.6 Å². The van der Waals surface area contributed by atoms with Crippen LogP contribution < -0.4 is 10.6 Å². The van der Waals surface area contributed by atoms with Crippen LogP contribution in [-0.4, -0.2) is 29.2 Å². The van der Waals surface area contributed by atoms with Crippen molar-refractivity contribution in [1.29, 1.82) is 0 Å². The SMILES string of the molecule is CC(NC(=O)N[C@H](C(=O)O)C(C)C)C1CCC1. The maximum absolute atomic E-state index is 11.6. The second-order valence-corrected chi connectivity index (χ2v) is 5.16. The number of carboxylic acid groups (broad SMARTS) is 1. The molecule has 1 rings (SSSR count). The summed E-state index contributed by atoms with van der Waals surface area (Å²) >= 11 is 0. The molecule has 0 radical (unpaired) electrons. The number of amides is 2. The number of nitrogens with one attached hydrogen (secondary N) is 2. The van der Waals surface area contributed by atoms with E-state index in [1.807, 2.05) is 6.92 Å². The molecule has 1 aliphatic rings. The molecule has 0 spiro atoms. The van der Waals surface area contributed by atoms with Crippen LogP contribution in [0.15, 0.2) is 0 Å². The minimum atomic E-state index is -0.994. The van der Waals surface area contributed by atoms with Crippen LogP contribution >= 0.6 is 0 Å². The van der Waals surface area contributed by atoms with Crippen LogP contribution in [0.2, 0.25) is 0 Å². The van der Waals surface area contributed by atoms with E-state index in [4.69, 9.17) is 5.11 Å². The molecule has 98 valence electrons. The van der Waals surface area contributed by atoms with Crippen molar-refractivity contribution in [3.8, 4) is 0 Å². The Bertz CT molecular complexity index is 287. The standard InChI is InChI=1S/C12H22N2O3/c1-7(2)10(11(15)16)14-12(17)13-8(3)9-5-4-6-9/h7-10H,4-6H2,1-3H3,(H,15,16)(H2,13,14,17)/t8?,10-/m0/s1. The molecule has 1 fully saturated rings. The number of carbonyl (C=O) groups is 2. The first-order valence-corrected chi connectivity index (χ1v) is 6.21. The lowest BCUT2D eigenvalue weighted by Crippen LogP contribution is -2.52. The number of aliphatic carboxylic acids is 1. The van der Waals surface area contributed by atoms with E-state index in [0.29, 0.717) is 5.92 Å². The largest absolute Gasteiger partial charge is 0.480 e. The molecule has 0 aromatic rings. The van der Waals surface area contributed by atoms with Crippen molar-refractivity contribution < 1.29 is 14.7 Å². The number of hydrogen-bond donors (Lipinski definition) is 3. The summed E-state index contributed by atoms with van der Waals surface area (Å²) in [4.78, 5) is 22.6. The zero-order valence-electron chi connectivity index (χ0n) is 10.7. The Hall–Kier alpha value is -1.26. The van der Waals surface area contributed by atoms with E-state index in [2.05, 4.69) is 10.6 Å². The molecule has 1 saturated carbocycles. The summed E-state index contributed by atoms with van der Waals surface area (Å²) in [6, 6.07) is -1.10. The van der Waals surface area contributed by atoms with Gasteiger partial charge in [-0.25, -0.2) is 9.59 Å². The Kier molecular flexibility index (Phi) is 4.78. The van der Waals surface area contributed by atoms with Gasteiger partial charge < -0.3 is 15.7 Å². The second kappa shape index (κ2) is 5.89. The molecule has 0 aliphatic heterocycles. The van der Waals surface area contributed by atoms with Gasteiger partial charge in [0, 0.05) is 6.04 Å². The average Bonchev–Trinajstić information content (AvgIpc) is 2.09. The second-order valence-electron chi connectivity index (χ2n) is 5.16. The van der Waals surface area contributed by atoms with Gasteiger partial charge in [-0.3, -0.25) is 0 Å². The molecular formula is C12H22N2O3. The molecule has 2 atom stereocenters. The van der Waals surface area contributed by atoms with Gasteiger partial charge in [-0.05, 0) is 31.6 Å². The fourth-order valence-electron chi connectivity index (χ4n) is 1.96. The molecular weight excluding hydrogens is 220 g/mol.